The molecule has 0 spiro atoms. The molecule has 0 saturated carbocycles. The standard InChI is InChI=1S/C13H14N2O4/c1-19-13(18)8-3-2-4-10(5-8)15-7-9(12(14)17)6-11(15)16/h2-5,9H,6-7H2,1H3,(H2,14,17). The van der Waals surface area contributed by atoms with Gasteiger partial charge in [0.2, 0.25) is 11.8 Å². The fraction of sp³-hybridized carbons (Fsp3) is 0.308. The SMILES string of the molecule is COC(=O)c1cccc(N2CC(C(N)=O)CC2=O)c1. The Kier molecular flexibility index (Phi) is 3.50. The zero-order chi connectivity index (χ0) is 14.0. The van der Waals surface area contributed by atoms with Crippen molar-refractivity contribution in [3.05, 3.63) is 29.8 Å². The van der Waals surface area contributed by atoms with Crippen molar-refractivity contribution < 1.29 is 19.1 Å². The molecule has 1 aliphatic rings. The first kappa shape index (κ1) is 13.1. The van der Waals surface area contributed by atoms with Gasteiger partial charge in [-0.15, -0.1) is 0 Å². The van der Waals surface area contributed by atoms with Crippen molar-refractivity contribution in [1.29, 1.82) is 0 Å². The van der Waals surface area contributed by atoms with Crippen LogP contribution in [-0.2, 0) is 14.3 Å². The largest absolute Gasteiger partial charge is 0.465 e. The predicted octanol–water partition coefficient (Wildman–Crippen LogP) is 0.311. The minimum atomic E-state index is -0.486. The van der Waals surface area contributed by atoms with Gasteiger partial charge in [-0.1, -0.05) is 6.07 Å². The van der Waals surface area contributed by atoms with Gasteiger partial charge in [0.1, 0.15) is 0 Å². The van der Waals surface area contributed by atoms with Gasteiger partial charge < -0.3 is 15.4 Å². The van der Waals surface area contributed by atoms with E-state index in [4.69, 9.17) is 5.73 Å². The monoisotopic (exact) mass is 262 g/mol. The Hall–Kier alpha value is -2.37. The molecule has 0 bridgehead atoms. The molecule has 19 heavy (non-hydrogen) atoms. The third-order valence-corrected chi connectivity index (χ3v) is 3.11. The van der Waals surface area contributed by atoms with E-state index in [1.165, 1.54) is 12.0 Å². The number of nitrogens with two attached hydrogens (primary N) is 1. The molecule has 1 unspecified atom stereocenters. The summed E-state index contributed by atoms with van der Waals surface area (Å²) in [5.41, 5.74) is 6.13. The van der Waals surface area contributed by atoms with Crippen LogP contribution in [0.5, 0.6) is 0 Å². The highest BCUT2D eigenvalue weighted by Gasteiger charge is 2.34. The Balaban J connectivity index is 2.25. The second kappa shape index (κ2) is 5.09. The number of benzene rings is 1. The smallest absolute Gasteiger partial charge is 0.337 e. The van der Waals surface area contributed by atoms with E-state index >= 15 is 0 Å². The van der Waals surface area contributed by atoms with Crippen LogP contribution in [0.25, 0.3) is 0 Å². The topological polar surface area (TPSA) is 89.7 Å². The molecule has 1 aliphatic heterocycles. The number of ether oxygens (including phenoxy) is 1. The van der Waals surface area contributed by atoms with Crippen LogP contribution in [0.1, 0.15) is 16.8 Å². The number of hydrogen-bond donors (Lipinski definition) is 1. The summed E-state index contributed by atoms with van der Waals surface area (Å²) in [5, 5.41) is 0. The summed E-state index contributed by atoms with van der Waals surface area (Å²) in [7, 11) is 1.29. The maximum Gasteiger partial charge on any atom is 0.337 e. The molecule has 0 radical (unpaired) electrons. The number of anilines is 1. The molecule has 6 heteroatoms. The summed E-state index contributed by atoms with van der Waals surface area (Å²) in [6.45, 7) is 0.249. The molecular weight excluding hydrogens is 248 g/mol. The van der Waals surface area contributed by atoms with Gasteiger partial charge in [0.25, 0.3) is 0 Å². The normalized spacial score (nSPS) is 18.5. The highest BCUT2D eigenvalue weighted by Crippen LogP contribution is 2.25. The van der Waals surface area contributed by atoms with Crippen LogP contribution in [0.2, 0.25) is 0 Å². The molecule has 6 nitrogen and oxygen atoms in total. The maximum absolute atomic E-state index is 11.8. The van der Waals surface area contributed by atoms with Gasteiger partial charge in [-0.05, 0) is 18.2 Å². The van der Waals surface area contributed by atoms with Crippen molar-refractivity contribution in [3.63, 3.8) is 0 Å². The first-order valence-electron chi connectivity index (χ1n) is 5.81. The predicted molar refractivity (Wildman–Crippen MR) is 67.4 cm³/mol. The molecule has 0 aromatic heterocycles. The molecule has 1 aromatic carbocycles. The number of amides is 2. The minimum Gasteiger partial charge on any atom is -0.465 e. The number of primary amides is 1. The van der Waals surface area contributed by atoms with E-state index in [1.807, 2.05) is 0 Å². The van der Waals surface area contributed by atoms with Crippen LogP contribution >= 0.6 is 0 Å². The van der Waals surface area contributed by atoms with Crippen molar-refractivity contribution in [1.82, 2.24) is 0 Å². The van der Waals surface area contributed by atoms with E-state index in [0.29, 0.717) is 11.3 Å². The summed E-state index contributed by atoms with van der Waals surface area (Å²) in [6.07, 6.45) is 0.109. The Morgan fingerprint density at radius 2 is 2.16 bits per heavy atom. The van der Waals surface area contributed by atoms with Gasteiger partial charge in [0.05, 0.1) is 18.6 Å². The highest BCUT2D eigenvalue weighted by molar-refractivity contribution is 6.01. The van der Waals surface area contributed by atoms with E-state index in [2.05, 4.69) is 4.74 Å². The van der Waals surface area contributed by atoms with Crippen molar-refractivity contribution in [3.8, 4) is 0 Å². The molecule has 0 aliphatic carbocycles. The summed E-state index contributed by atoms with van der Waals surface area (Å²) in [6, 6.07) is 6.52. The van der Waals surface area contributed by atoms with E-state index in [1.54, 1.807) is 24.3 Å². The first-order chi connectivity index (χ1) is 9.02. The molecule has 1 heterocycles. The lowest BCUT2D eigenvalue weighted by Gasteiger charge is -2.16. The average molecular weight is 262 g/mol. The number of rotatable bonds is 3. The van der Waals surface area contributed by atoms with Crippen molar-refractivity contribution in [2.24, 2.45) is 11.7 Å². The Labute approximate surface area is 110 Å². The van der Waals surface area contributed by atoms with Crippen LogP contribution in [0.4, 0.5) is 5.69 Å². The van der Waals surface area contributed by atoms with Gasteiger partial charge in [-0.25, -0.2) is 4.79 Å². The number of nitrogens with zero attached hydrogens (tertiary/aromatic N) is 1. The van der Waals surface area contributed by atoms with Crippen LogP contribution in [0.15, 0.2) is 24.3 Å². The molecule has 1 atom stereocenters. The second-order valence-electron chi connectivity index (χ2n) is 4.35. The third-order valence-electron chi connectivity index (χ3n) is 3.11. The lowest BCUT2D eigenvalue weighted by Crippen LogP contribution is -2.28. The zero-order valence-corrected chi connectivity index (χ0v) is 10.5. The maximum atomic E-state index is 11.8. The van der Waals surface area contributed by atoms with E-state index in [9.17, 15) is 14.4 Å². The van der Waals surface area contributed by atoms with Gasteiger partial charge in [0, 0.05) is 18.7 Å². The summed E-state index contributed by atoms with van der Waals surface area (Å²) < 4.78 is 4.62. The summed E-state index contributed by atoms with van der Waals surface area (Å²) in [5.74, 6) is -1.61. The molecule has 2 N–H and O–H groups in total. The van der Waals surface area contributed by atoms with Crippen LogP contribution in [0, 0.1) is 5.92 Å². The lowest BCUT2D eigenvalue weighted by molar-refractivity contribution is -0.123. The molecule has 2 rings (SSSR count). The highest BCUT2D eigenvalue weighted by atomic mass is 16.5. The Morgan fingerprint density at radius 3 is 2.74 bits per heavy atom. The molecule has 2 amide bonds. The van der Waals surface area contributed by atoms with Crippen molar-refractivity contribution >= 4 is 23.5 Å². The van der Waals surface area contributed by atoms with Gasteiger partial charge >= 0.3 is 5.97 Å². The van der Waals surface area contributed by atoms with Crippen molar-refractivity contribution in [2.75, 3.05) is 18.6 Å². The molecule has 1 fully saturated rings. The van der Waals surface area contributed by atoms with Crippen molar-refractivity contribution in [2.45, 2.75) is 6.42 Å². The first-order valence-corrected chi connectivity index (χ1v) is 5.81. The third kappa shape index (κ3) is 2.57. The quantitative estimate of drug-likeness (QED) is 0.794. The van der Waals surface area contributed by atoms with Gasteiger partial charge in [-0.3, -0.25) is 9.59 Å². The molecule has 100 valence electrons. The summed E-state index contributed by atoms with van der Waals surface area (Å²) in [4.78, 5) is 35.9. The van der Waals surface area contributed by atoms with Crippen LogP contribution in [-0.4, -0.2) is 31.4 Å². The van der Waals surface area contributed by atoms with Crippen LogP contribution in [0.3, 0.4) is 0 Å². The fourth-order valence-electron chi connectivity index (χ4n) is 2.07. The Bertz CT molecular complexity index is 541. The minimum absolute atomic E-state index is 0.109. The number of carbonyl (C=O) groups excluding carboxylic acids is 3. The molecule has 1 saturated heterocycles. The van der Waals surface area contributed by atoms with Crippen LogP contribution < -0.4 is 10.6 Å². The zero-order valence-electron chi connectivity index (χ0n) is 10.5. The van der Waals surface area contributed by atoms with E-state index in [0.717, 1.165) is 0 Å². The fourth-order valence-corrected chi connectivity index (χ4v) is 2.07. The number of methoxy groups -OCH3 is 1. The number of esters is 1. The number of carbonyl (C=O) groups is 3. The molecule has 1 aromatic rings. The summed E-state index contributed by atoms with van der Waals surface area (Å²) >= 11 is 0. The van der Waals surface area contributed by atoms with E-state index in [-0.39, 0.29) is 18.9 Å². The Morgan fingerprint density at radius 1 is 1.42 bits per heavy atom. The van der Waals surface area contributed by atoms with E-state index < -0.39 is 17.8 Å². The van der Waals surface area contributed by atoms with Gasteiger partial charge in [0.15, 0.2) is 0 Å². The lowest BCUT2D eigenvalue weighted by atomic mass is 10.1. The average Bonchev–Trinajstić information content (AvgIpc) is 2.80. The molecular formula is C13H14N2O4. The van der Waals surface area contributed by atoms with Gasteiger partial charge in [-0.2, -0.15) is 0 Å². The number of hydrogen-bond acceptors (Lipinski definition) is 4. The second-order valence-corrected chi connectivity index (χ2v) is 4.35.